The van der Waals surface area contributed by atoms with Crippen LogP contribution in [0.3, 0.4) is 0 Å². The van der Waals surface area contributed by atoms with E-state index in [0.29, 0.717) is 11.3 Å². The smallest absolute Gasteiger partial charge is 0.343 e. The molecule has 0 saturated heterocycles. The van der Waals surface area contributed by atoms with Crippen molar-refractivity contribution in [3.8, 4) is 0 Å². The van der Waals surface area contributed by atoms with Crippen LogP contribution in [0.2, 0.25) is 0 Å². The molecule has 0 aromatic heterocycles. The quantitative estimate of drug-likeness (QED) is 0.604. The number of esters is 1. The second-order valence-electron chi connectivity index (χ2n) is 5.28. The Kier molecular flexibility index (Phi) is 3.44. The van der Waals surface area contributed by atoms with Gasteiger partial charge in [0.1, 0.15) is 5.76 Å². The Morgan fingerprint density at radius 3 is 2.29 bits per heavy atom. The Labute approximate surface area is 124 Å². The highest BCUT2D eigenvalue weighted by Gasteiger charge is 2.21. The fraction of sp³-hybridized carbons (Fsp3) is 0.105. The summed E-state index contributed by atoms with van der Waals surface area (Å²) in [6, 6.07) is 15.9. The maximum absolute atomic E-state index is 12.0. The Bertz CT molecular complexity index is 732. The predicted octanol–water partition coefficient (Wildman–Crippen LogP) is 4.28. The lowest BCUT2D eigenvalue weighted by Gasteiger charge is -2.01. The van der Waals surface area contributed by atoms with Crippen LogP contribution in [0.25, 0.3) is 11.8 Å². The number of benzene rings is 2. The molecule has 0 bridgehead atoms. The summed E-state index contributed by atoms with van der Waals surface area (Å²) in [7, 11) is 0. The number of carbonyl (C=O) groups is 1. The molecular weight excluding hydrogens is 260 g/mol. The van der Waals surface area contributed by atoms with E-state index in [4.69, 9.17) is 4.74 Å². The van der Waals surface area contributed by atoms with E-state index < -0.39 is 0 Å². The third kappa shape index (κ3) is 2.95. The minimum atomic E-state index is -0.298. The van der Waals surface area contributed by atoms with Crippen LogP contribution in [0.1, 0.15) is 22.3 Å². The molecule has 1 aliphatic rings. The Hall–Kier alpha value is -2.61. The zero-order valence-corrected chi connectivity index (χ0v) is 12.1. The van der Waals surface area contributed by atoms with E-state index >= 15 is 0 Å². The highest BCUT2D eigenvalue weighted by Crippen LogP contribution is 2.27. The fourth-order valence-corrected chi connectivity index (χ4v) is 2.51. The summed E-state index contributed by atoms with van der Waals surface area (Å²) in [4.78, 5) is 12.0. The first-order valence-corrected chi connectivity index (χ1v) is 6.91. The average molecular weight is 276 g/mol. The Morgan fingerprint density at radius 2 is 1.62 bits per heavy atom. The van der Waals surface area contributed by atoms with Crippen LogP contribution in [-0.2, 0) is 9.53 Å². The van der Waals surface area contributed by atoms with Gasteiger partial charge in [0.25, 0.3) is 0 Å². The topological polar surface area (TPSA) is 26.3 Å². The molecule has 0 spiro atoms. The average Bonchev–Trinajstić information content (AvgIpc) is 2.80. The summed E-state index contributed by atoms with van der Waals surface area (Å²) >= 11 is 0. The van der Waals surface area contributed by atoms with Crippen molar-refractivity contribution in [2.24, 2.45) is 0 Å². The Morgan fingerprint density at radius 1 is 0.952 bits per heavy atom. The van der Waals surface area contributed by atoms with Gasteiger partial charge in [-0.3, -0.25) is 0 Å². The number of hydrogen-bond donors (Lipinski definition) is 0. The van der Waals surface area contributed by atoms with E-state index in [1.54, 1.807) is 6.08 Å². The van der Waals surface area contributed by atoms with Crippen molar-refractivity contribution in [1.82, 2.24) is 0 Å². The summed E-state index contributed by atoms with van der Waals surface area (Å²) in [5.74, 6) is 0.309. The van der Waals surface area contributed by atoms with Crippen LogP contribution >= 0.6 is 0 Å². The van der Waals surface area contributed by atoms with E-state index in [9.17, 15) is 4.79 Å². The van der Waals surface area contributed by atoms with Gasteiger partial charge in [-0.25, -0.2) is 4.79 Å². The molecular formula is C19H16O2. The summed E-state index contributed by atoms with van der Waals surface area (Å²) in [5, 5.41) is 0. The van der Waals surface area contributed by atoms with E-state index in [1.165, 1.54) is 11.1 Å². The van der Waals surface area contributed by atoms with Crippen molar-refractivity contribution >= 4 is 17.8 Å². The Balaban J connectivity index is 1.97. The third-order valence-electron chi connectivity index (χ3n) is 3.35. The molecule has 1 heterocycles. The molecule has 2 heteroatoms. The van der Waals surface area contributed by atoms with Crippen molar-refractivity contribution in [3.63, 3.8) is 0 Å². The van der Waals surface area contributed by atoms with Gasteiger partial charge in [-0.2, -0.15) is 0 Å². The molecule has 0 radical (unpaired) electrons. The maximum Gasteiger partial charge on any atom is 0.343 e. The molecule has 0 N–H and O–H groups in total. The second-order valence-corrected chi connectivity index (χ2v) is 5.28. The summed E-state index contributed by atoms with van der Waals surface area (Å²) in [5.41, 5.74) is 4.87. The first-order valence-electron chi connectivity index (χ1n) is 6.91. The number of aryl methyl sites for hydroxylation is 2. The molecule has 3 rings (SSSR count). The molecule has 0 aliphatic carbocycles. The van der Waals surface area contributed by atoms with Crippen LogP contribution in [0.15, 0.2) is 60.2 Å². The second kappa shape index (κ2) is 5.41. The molecule has 2 nitrogen and oxygen atoms in total. The molecule has 2 aromatic carbocycles. The van der Waals surface area contributed by atoms with Gasteiger partial charge in [0.05, 0.1) is 5.57 Å². The molecule has 0 fully saturated rings. The van der Waals surface area contributed by atoms with Gasteiger partial charge < -0.3 is 4.74 Å². The third-order valence-corrected chi connectivity index (χ3v) is 3.35. The summed E-state index contributed by atoms with van der Waals surface area (Å²) in [6.07, 6.45) is 3.67. The largest absolute Gasteiger partial charge is 0.422 e. The zero-order valence-electron chi connectivity index (χ0n) is 12.1. The lowest BCUT2D eigenvalue weighted by Crippen LogP contribution is -1.97. The highest BCUT2D eigenvalue weighted by molar-refractivity contribution is 6.05. The number of cyclic esters (lactones) is 1. The van der Waals surface area contributed by atoms with E-state index in [-0.39, 0.29) is 5.97 Å². The number of carbonyl (C=O) groups excluding carboxylic acids is 1. The molecule has 0 amide bonds. The summed E-state index contributed by atoms with van der Waals surface area (Å²) < 4.78 is 5.35. The summed E-state index contributed by atoms with van der Waals surface area (Å²) in [6.45, 7) is 4.10. The molecule has 0 unspecified atom stereocenters. The molecule has 2 aromatic rings. The lowest BCUT2D eigenvalue weighted by molar-refractivity contribution is -0.130. The van der Waals surface area contributed by atoms with Crippen LogP contribution in [0, 0.1) is 13.8 Å². The van der Waals surface area contributed by atoms with Crippen LogP contribution in [0.4, 0.5) is 0 Å². The number of hydrogen-bond acceptors (Lipinski definition) is 2. The monoisotopic (exact) mass is 276 g/mol. The molecule has 104 valence electrons. The van der Waals surface area contributed by atoms with Crippen molar-refractivity contribution in [2.45, 2.75) is 13.8 Å². The van der Waals surface area contributed by atoms with Gasteiger partial charge in [-0.1, -0.05) is 59.7 Å². The fourth-order valence-electron chi connectivity index (χ4n) is 2.51. The van der Waals surface area contributed by atoms with Crippen LogP contribution < -0.4 is 0 Å². The van der Waals surface area contributed by atoms with E-state index in [1.807, 2.05) is 50.3 Å². The van der Waals surface area contributed by atoms with Gasteiger partial charge in [0.15, 0.2) is 0 Å². The number of ether oxygens (including phenoxy) is 1. The van der Waals surface area contributed by atoms with Gasteiger partial charge >= 0.3 is 5.97 Å². The highest BCUT2D eigenvalue weighted by atomic mass is 16.5. The molecule has 0 saturated carbocycles. The van der Waals surface area contributed by atoms with E-state index in [0.717, 1.165) is 11.1 Å². The minimum absolute atomic E-state index is 0.298. The molecule has 21 heavy (non-hydrogen) atoms. The van der Waals surface area contributed by atoms with Gasteiger partial charge in [0.2, 0.25) is 0 Å². The first kappa shape index (κ1) is 13.4. The maximum atomic E-state index is 12.0. The number of rotatable bonds is 2. The van der Waals surface area contributed by atoms with Crippen molar-refractivity contribution in [1.29, 1.82) is 0 Å². The zero-order chi connectivity index (χ0) is 14.8. The molecule has 0 atom stereocenters. The van der Waals surface area contributed by atoms with Crippen LogP contribution in [-0.4, -0.2) is 5.97 Å². The van der Waals surface area contributed by atoms with Crippen LogP contribution in [0.5, 0.6) is 0 Å². The SMILES string of the molecule is Cc1cc(C)cc(/C=C2/C=C(c3ccccc3)OC2=O)c1. The van der Waals surface area contributed by atoms with Gasteiger partial charge in [-0.05, 0) is 31.6 Å². The van der Waals surface area contributed by atoms with Gasteiger partial charge in [-0.15, -0.1) is 0 Å². The van der Waals surface area contributed by atoms with Gasteiger partial charge in [0, 0.05) is 5.56 Å². The van der Waals surface area contributed by atoms with E-state index in [2.05, 4.69) is 18.2 Å². The normalized spacial score (nSPS) is 16.0. The first-order chi connectivity index (χ1) is 10.1. The standard InChI is InChI=1S/C19H16O2/c1-13-8-14(2)10-15(9-13)11-17-12-18(21-19(17)20)16-6-4-3-5-7-16/h3-12H,1-2H3/b17-11-. The predicted molar refractivity (Wildman–Crippen MR) is 84.4 cm³/mol. The van der Waals surface area contributed by atoms with Crippen molar-refractivity contribution in [2.75, 3.05) is 0 Å². The van der Waals surface area contributed by atoms with Crippen molar-refractivity contribution < 1.29 is 9.53 Å². The lowest BCUT2D eigenvalue weighted by atomic mass is 10.0. The molecule has 1 aliphatic heterocycles. The van der Waals surface area contributed by atoms with Crippen molar-refractivity contribution in [3.05, 3.63) is 82.4 Å². The minimum Gasteiger partial charge on any atom is -0.422 e.